The van der Waals surface area contributed by atoms with E-state index in [1.54, 1.807) is 0 Å². The van der Waals surface area contributed by atoms with E-state index in [4.69, 9.17) is 28.8 Å². The van der Waals surface area contributed by atoms with Gasteiger partial charge in [0, 0.05) is 11.9 Å². The van der Waals surface area contributed by atoms with E-state index in [1.807, 2.05) is 27.7 Å². The van der Waals surface area contributed by atoms with Crippen LogP contribution in [-0.2, 0) is 23.7 Å². The molecule has 0 aromatic rings. The van der Waals surface area contributed by atoms with E-state index < -0.39 is 11.6 Å². The van der Waals surface area contributed by atoms with Gasteiger partial charge < -0.3 is 28.8 Å². The Balaban J connectivity index is 0.000000823. The number of hydrogen-bond acceptors (Lipinski definition) is 6. The SMILES string of the molecule is CC1(C)OCC(CO)O1.CCCCCCCCCCCCCCCCBr.CCCCCCCCCCCCCCCCOCC1COC(C)(C)O1. The molecule has 0 amide bonds. The summed E-state index contributed by atoms with van der Waals surface area (Å²) in [5.41, 5.74) is 0. The second-order valence-corrected chi connectivity index (χ2v) is 16.8. The summed E-state index contributed by atoms with van der Waals surface area (Å²) in [5.74, 6) is -0.920. The van der Waals surface area contributed by atoms with Crippen molar-refractivity contribution >= 4 is 15.9 Å². The van der Waals surface area contributed by atoms with Crippen molar-refractivity contribution in [2.75, 3.05) is 38.4 Å². The molecule has 0 bridgehead atoms. The number of rotatable bonds is 32. The number of hydrogen-bond donors (Lipinski definition) is 1. The van der Waals surface area contributed by atoms with E-state index in [0.717, 1.165) is 6.61 Å². The van der Waals surface area contributed by atoms with Crippen LogP contribution in [0.3, 0.4) is 0 Å². The molecule has 0 radical (unpaired) electrons. The highest BCUT2D eigenvalue weighted by Crippen LogP contribution is 2.23. The van der Waals surface area contributed by atoms with Gasteiger partial charge in [-0.2, -0.15) is 0 Å². The van der Waals surface area contributed by atoms with Gasteiger partial charge in [0.2, 0.25) is 0 Å². The van der Waals surface area contributed by atoms with E-state index in [0.29, 0.717) is 19.8 Å². The lowest BCUT2D eigenvalue weighted by Gasteiger charge is -2.17. The normalized spacial score (nSPS) is 19.1. The van der Waals surface area contributed by atoms with Crippen molar-refractivity contribution in [1.82, 2.24) is 0 Å². The zero-order chi connectivity index (χ0) is 37.7. The van der Waals surface area contributed by atoms with Gasteiger partial charge in [0.15, 0.2) is 11.6 Å². The highest BCUT2D eigenvalue weighted by molar-refractivity contribution is 9.09. The lowest BCUT2D eigenvalue weighted by atomic mass is 10.0. The molecule has 1 N–H and O–H groups in total. The molecule has 2 fully saturated rings. The number of alkyl halides is 1. The topological polar surface area (TPSA) is 66.4 Å². The van der Waals surface area contributed by atoms with Gasteiger partial charge in [-0.3, -0.25) is 0 Å². The van der Waals surface area contributed by atoms with E-state index >= 15 is 0 Å². The van der Waals surface area contributed by atoms with Crippen LogP contribution < -0.4 is 0 Å². The van der Waals surface area contributed by atoms with Crippen LogP contribution in [-0.4, -0.2) is 67.3 Å². The average molecular weight is 794 g/mol. The Morgan fingerprint density at radius 3 is 1.08 bits per heavy atom. The monoisotopic (exact) mass is 793 g/mol. The molecule has 0 aromatic carbocycles. The maximum absolute atomic E-state index is 8.59. The average Bonchev–Trinajstić information content (AvgIpc) is 3.66. The molecule has 2 aliphatic rings. The summed E-state index contributed by atoms with van der Waals surface area (Å²) in [7, 11) is 0. The largest absolute Gasteiger partial charge is 0.394 e. The van der Waals surface area contributed by atoms with E-state index in [9.17, 15) is 0 Å². The first-order valence-electron chi connectivity index (χ1n) is 22.1. The van der Waals surface area contributed by atoms with Crippen LogP contribution in [0.25, 0.3) is 0 Å². The van der Waals surface area contributed by atoms with Gasteiger partial charge >= 0.3 is 0 Å². The fourth-order valence-electron chi connectivity index (χ4n) is 6.60. The summed E-state index contributed by atoms with van der Waals surface area (Å²) in [6.07, 6.45) is 39.8. The first-order valence-corrected chi connectivity index (χ1v) is 23.2. The zero-order valence-electron chi connectivity index (χ0n) is 35.1. The van der Waals surface area contributed by atoms with Crippen molar-refractivity contribution < 1.29 is 28.8 Å². The Labute approximate surface area is 327 Å². The Hall–Kier alpha value is 0.240. The van der Waals surface area contributed by atoms with Crippen LogP contribution >= 0.6 is 15.9 Å². The van der Waals surface area contributed by atoms with Gasteiger partial charge in [0.05, 0.1) is 26.4 Å². The van der Waals surface area contributed by atoms with E-state index in [-0.39, 0.29) is 18.8 Å². The van der Waals surface area contributed by atoms with Crippen molar-refractivity contribution in [3.8, 4) is 0 Å². The van der Waals surface area contributed by atoms with Crippen molar-refractivity contribution in [3.63, 3.8) is 0 Å². The fraction of sp³-hybridized carbons (Fsp3) is 1.00. The second-order valence-electron chi connectivity index (χ2n) is 16.0. The van der Waals surface area contributed by atoms with Gasteiger partial charge in [0.1, 0.15) is 12.2 Å². The Morgan fingerprint density at radius 1 is 0.490 bits per heavy atom. The molecule has 2 atom stereocenters. The summed E-state index contributed by atoms with van der Waals surface area (Å²) >= 11 is 3.48. The fourth-order valence-corrected chi connectivity index (χ4v) is 7.00. The zero-order valence-corrected chi connectivity index (χ0v) is 36.6. The summed E-state index contributed by atoms with van der Waals surface area (Å²) in [5, 5.41) is 9.78. The third-order valence-electron chi connectivity index (χ3n) is 9.77. The number of unbranched alkanes of at least 4 members (excludes halogenated alkanes) is 26. The predicted molar refractivity (Wildman–Crippen MR) is 222 cm³/mol. The lowest BCUT2D eigenvalue weighted by Crippen LogP contribution is -2.24. The molecule has 0 saturated carbocycles. The van der Waals surface area contributed by atoms with Gasteiger partial charge in [-0.1, -0.05) is 197 Å². The third-order valence-corrected chi connectivity index (χ3v) is 10.3. The molecule has 2 heterocycles. The van der Waals surface area contributed by atoms with E-state index in [1.165, 1.54) is 185 Å². The van der Waals surface area contributed by atoms with Gasteiger partial charge in [0.25, 0.3) is 0 Å². The van der Waals surface area contributed by atoms with Crippen LogP contribution in [0.1, 0.15) is 221 Å². The van der Waals surface area contributed by atoms with Gasteiger partial charge in [-0.15, -0.1) is 0 Å². The van der Waals surface area contributed by atoms with Crippen LogP contribution in [0, 0.1) is 0 Å². The first-order chi connectivity index (χ1) is 24.7. The molecule has 0 aromatic heterocycles. The number of halogens is 1. The Bertz CT molecular complexity index is 677. The van der Waals surface area contributed by atoms with Crippen molar-refractivity contribution in [2.24, 2.45) is 0 Å². The van der Waals surface area contributed by atoms with Crippen LogP contribution in [0.5, 0.6) is 0 Å². The summed E-state index contributed by atoms with van der Waals surface area (Å²) < 4.78 is 27.4. The molecule has 2 unspecified atom stereocenters. The minimum absolute atomic E-state index is 0.0451. The molecule has 2 aliphatic heterocycles. The summed E-state index contributed by atoms with van der Waals surface area (Å²) in [6, 6.07) is 0. The minimum atomic E-state index is -0.493. The first kappa shape index (κ1) is 51.2. The maximum atomic E-state index is 8.59. The van der Waals surface area contributed by atoms with Crippen LogP contribution in [0.2, 0.25) is 0 Å². The number of ether oxygens (including phenoxy) is 5. The van der Waals surface area contributed by atoms with Gasteiger partial charge in [-0.25, -0.2) is 0 Å². The Kier molecular flexibility index (Phi) is 37.4. The third kappa shape index (κ3) is 37.0. The highest BCUT2D eigenvalue weighted by Gasteiger charge is 2.33. The molecule has 2 rings (SSSR count). The smallest absolute Gasteiger partial charge is 0.163 e. The molecule has 308 valence electrons. The van der Waals surface area contributed by atoms with Crippen molar-refractivity contribution in [3.05, 3.63) is 0 Å². The Morgan fingerprint density at radius 2 is 0.804 bits per heavy atom. The molecule has 2 saturated heterocycles. The minimum Gasteiger partial charge on any atom is -0.394 e. The molecular formula is C44H89BrO6. The standard InChI is InChI=1S/C22H44O3.C16H33Br.C6H12O3/c1-4-5-6-7-8-9-10-11-12-13-14-15-16-17-18-23-19-21-20-24-22(2,3)25-21;1-2-3-4-5-6-7-8-9-10-11-12-13-14-15-16-17;1-6(2)8-4-5(3-7)9-6/h21H,4-20H2,1-3H3;2-16H2,1H3;5,7H,3-4H2,1-2H3. The quantitative estimate of drug-likeness (QED) is 0.0540. The molecule has 7 heteroatoms. The number of aliphatic hydroxyl groups is 1. The summed E-state index contributed by atoms with van der Waals surface area (Å²) in [4.78, 5) is 0. The molecule has 6 nitrogen and oxygen atoms in total. The predicted octanol–water partition coefficient (Wildman–Crippen LogP) is 13.6. The molecular weight excluding hydrogens is 704 g/mol. The van der Waals surface area contributed by atoms with Gasteiger partial charge in [-0.05, 0) is 40.5 Å². The number of aliphatic hydroxyl groups excluding tert-OH is 1. The van der Waals surface area contributed by atoms with Crippen molar-refractivity contribution in [2.45, 2.75) is 245 Å². The van der Waals surface area contributed by atoms with Crippen LogP contribution in [0.15, 0.2) is 0 Å². The second kappa shape index (κ2) is 37.2. The highest BCUT2D eigenvalue weighted by atomic mass is 79.9. The molecule has 0 aliphatic carbocycles. The van der Waals surface area contributed by atoms with Crippen LogP contribution in [0.4, 0.5) is 0 Å². The van der Waals surface area contributed by atoms with Crippen molar-refractivity contribution in [1.29, 1.82) is 0 Å². The molecule has 51 heavy (non-hydrogen) atoms. The molecule has 0 spiro atoms. The lowest BCUT2D eigenvalue weighted by molar-refractivity contribution is -0.145. The van der Waals surface area contributed by atoms with E-state index in [2.05, 4.69) is 29.8 Å². The summed E-state index contributed by atoms with van der Waals surface area (Å²) in [6.45, 7) is 14.9. The maximum Gasteiger partial charge on any atom is 0.163 e.